The predicted octanol–water partition coefficient (Wildman–Crippen LogP) is 8.86. The number of rotatable bonds is 11. The summed E-state index contributed by atoms with van der Waals surface area (Å²) in [6.07, 6.45) is 9.64. The summed E-state index contributed by atoms with van der Waals surface area (Å²) < 4.78 is 5.75. The van der Waals surface area contributed by atoms with Gasteiger partial charge in [-0.25, -0.2) is 0 Å². The van der Waals surface area contributed by atoms with Gasteiger partial charge < -0.3 is 4.74 Å². The van der Waals surface area contributed by atoms with Crippen LogP contribution in [0.2, 0.25) is 0 Å². The molecule has 0 radical (unpaired) electrons. The van der Waals surface area contributed by atoms with Crippen molar-refractivity contribution in [2.45, 2.75) is 46.0 Å². The largest absolute Gasteiger partial charge is 0.494 e. The number of aliphatic imine (C=N–C) groups is 2. The Kier molecular flexibility index (Phi) is 8.83. The summed E-state index contributed by atoms with van der Waals surface area (Å²) in [6, 6.07) is 29.2. The second-order valence-corrected chi connectivity index (χ2v) is 8.78. The lowest BCUT2D eigenvalue weighted by atomic mass is 10.1. The minimum Gasteiger partial charge on any atom is -0.494 e. The van der Waals surface area contributed by atoms with Crippen LogP contribution in [0.25, 0.3) is 10.8 Å². The Labute approximate surface area is 209 Å². The van der Waals surface area contributed by atoms with Crippen molar-refractivity contribution in [3.63, 3.8) is 0 Å². The molecular weight excluding hydrogens is 428 g/mol. The second-order valence-electron chi connectivity index (χ2n) is 8.78. The molecule has 4 aromatic carbocycles. The standard InChI is InChI=1S/C32H34N2O/c1-3-5-9-25-12-14-26(15-13-25)23-33-31-20-21-32(30-11-8-7-10-29(30)31)34-24-27-16-18-28(19-17-27)35-22-6-4-2/h7-8,10-21,23-24H,3-6,9,22H2,1-2H3. The molecule has 0 N–H and O–H groups in total. The molecule has 0 saturated carbocycles. The van der Waals surface area contributed by atoms with Crippen LogP contribution in [0.5, 0.6) is 5.75 Å². The fraction of sp³-hybridized carbons (Fsp3) is 0.250. The lowest BCUT2D eigenvalue weighted by Crippen LogP contribution is -1.96. The van der Waals surface area contributed by atoms with Crippen LogP contribution in [0.3, 0.4) is 0 Å². The highest BCUT2D eigenvalue weighted by Crippen LogP contribution is 2.33. The Morgan fingerprint density at radius 1 is 0.629 bits per heavy atom. The molecule has 35 heavy (non-hydrogen) atoms. The zero-order valence-electron chi connectivity index (χ0n) is 20.8. The van der Waals surface area contributed by atoms with Gasteiger partial charge in [0.2, 0.25) is 0 Å². The van der Waals surface area contributed by atoms with Crippen LogP contribution in [-0.4, -0.2) is 19.0 Å². The maximum atomic E-state index is 5.75. The number of fused-ring (bicyclic) bond motifs is 1. The van der Waals surface area contributed by atoms with E-state index < -0.39 is 0 Å². The first-order valence-electron chi connectivity index (χ1n) is 12.7. The predicted molar refractivity (Wildman–Crippen MR) is 150 cm³/mol. The van der Waals surface area contributed by atoms with Crippen LogP contribution in [0.4, 0.5) is 11.4 Å². The molecule has 4 rings (SSSR count). The molecule has 0 spiro atoms. The number of ether oxygens (including phenoxy) is 1. The monoisotopic (exact) mass is 462 g/mol. The summed E-state index contributed by atoms with van der Waals surface area (Å²) in [5, 5.41) is 2.19. The van der Waals surface area contributed by atoms with Crippen LogP contribution in [0.1, 0.15) is 56.2 Å². The average molecular weight is 463 g/mol. The Morgan fingerprint density at radius 2 is 1.17 bits per heavy atom. The van der Waals surface area contributed by atoms with Gasteiger partial charge in [0, 0.05) is 23.2 Å². The fourth-order valence-corrected chi connectivity index (χ4v) is 3.92. The van der Waals surface area contributed by atoms with Crippen molar-refractivity contribution in [3.05, 3.63) is 102 Å². The number of unbranched alkanes of at least 4 members (excludes halogenated alkanes) is 2. The van der Waals surface area contributed by atoms with Gasteiger partial charge in [0.25, 0.3) is 0 Å². The smallest absolute Gasteiger partial charge is 0.119 e. The Morgan fingerprint density at radius 3 is 1.71 bits per heavy atom. The molecule has 0 heterocycles. The van der Waals surface area contributed by atoms with Crippen molar-refractivity contribution in [1.29, 1.82) is 0 Å². The Balaban J connectivity index is 1.50. The van der Waals surface area contributed by atoms with Gasteiger partial charge in [0.05, 0.1) is 18.0 Å². The second kappa shape index (κ2) is 12.7. The normalized spacial score (nSPS) is 11.6. The van der Waals surface area contributed by atoms with E-state index in [2.05, 4.69) is 56.3 Å². The minimum absolute atomic E-state index is 0.759. The van der Waals surface area contributed by atoms with Gasteiger partial charge in [-0.05, 0) is 72.4 Å². The van der Waals surface area contributed by atoms with Crippen LogP contribution in [0, 0.1) is 0 Å². The minimum atomic E-state index is 0.759. The van der Waals surface area contributed by atoms with Gasteiger partial charge in [-0.2, -0.15) is 0 Å². The first-order valence-corrected chi connectivity index (χ1v) is 12.7. The van der Waals surface area contributed by atoms with Gasteiger partial charge in [0.1, 0.15) is 5.75 Å². The first kappa shape index (κ1) is 24.4. The number of hydrogen-bond acceptors (Lipinski definition) is 3. The molecule has 0 unspecified atom stereocenters. The van der Waals surface area contributed by atoms with Crippen molar-refractivity contribution < 1.29 is 4.74 Å². The summed E-state index contributed by atoms with van der Waals surface area (Å²) in [7, 11) is 0. The lowest BCUT2D eigenvalue weighted by Gasteiger charge is -2.06. The SMILES string of the molecule is CCCCOc1ccc(C=Nc2ccc(N=Cc3ccc(CCCC)cc3)c3ccccc23)cc1. The van der Waals surface area contributed by atoms with Gasteiger partial charge in [-0.1, -0.05) is 75.2 Å². The summed E-state index contributed by atoms with van der Waals surface area (Å²) in [5.41, 5.74) is 5.42. The van der Waals surface area contributed by atoms with Crippen LogP contribution in [0.15, 0.2) is 94.9 Å². The number of aryl methyl sites for hydroxylation is 1. The maximum absolute atomic E-state index is 5.75. The van der Waals surface area contributed by atoms with E-state index in [4.69, 9.17) is 14.7 Å². The lowest BCUT2D eigenvalue weighted by molar-refractivity contribution is 0.309. The number of hydrogen-bond donors (Lipinski definition) is 0. The van der Waals surface area contributed by atoms with E-state index in [0.29, 0.717) is 0 Å². The van der Waals surface area contributed by atoms with Crippen molar-refractivity contribution in [2.24, 2.45) is 9.98 Å². The molecule has 3 heteroatoms. The molecule has 0 aliphatic heterocycles. The summed E-state index contributed by atoms with van der Waals surface area (Å²) in [4.78, 5) is 9.59. The molecule has 178 valence electrons. The summed E-state index contributed by atoms with van der Waals surface area (Å²) >= 11 is 0. The van der Waals surface area contributed by atoms with E-state index in [0.717, 1.165) is 64.9 Å². The van der Waals surface area contributed by atoms with E-state index in [1.807, 2.05) is 54.9 Å². The van der Waals surface area contributed by atoms with Gasteiger partial charge in [-0.15, -0.1) is 0 Å². The van der Waals surface area contributed by atoms with Gasteiger partial charge in [0.15, 0.2) is 0 Å². The number of nitrogens with zero attached hydrogens (tertiary/aromatic N) is 2. The zero-order valence-corrected chi connectivity index (χ0v) is 20.8. The highest BCUT2D eigenvalue weighted by atomic mass is 16.5. The molecule has 3 nitrogen and oxygen atoms in total. The van der Waals surface area contributed by atoms with Gasteiger partial charge in [-0.3, -0.25) is 9.98 Å². The molecule has 0 atom stereocenters. The highest BCUT2D eigenvalue weighted by molar-refractivity contribution is 6.02. The third-order valence-electron chi connectivity index (χ3n) is 6.03. The molecule has 0 aliphatic rings. The van der Waals surface area contributed by atoms with Crippen molar-refractivity contribution in [1.82, 2.24) is 0 Å². The Bertz CT molecular complexity index is 1270. The third-order valence-corrected chi connectivity index (χ3v) is 6.03. The van der Waals surface area contributed by atoms with E-state index in [1.165, 1.54) is 18.4 Å². The van der Waals surface area contributed by atoms with E-state index in [9.17, 15) is 0 Å². The van der Waals surface area contributed by atoms with E-state index >= 15 is 0 Å². The number of benzene rings is 4. The topological polar surface area (TPSA) is 34.0 Å². The summed E-state index contributed by atoms with van der Waals surface area (Å²) in [5.74, 6) is 0.902. The van der Waals surface area contributed by atoms with Crippen molar-refractivity contribution >= 4 is 34.6 Å². The zero-order chi connectivity index (χ0) is 24.3. The van der Waals surface area contributed by atoms with Crippen molar-refractivity contribution in [2.75, 3.05) is 6.61 Å². The summed E-state index contributed by atoms with van der Waals surface area (Å²) in [6.45, 7) is 5.15. The molecule has 0 saturated heterocycles. The van der Waals surface area contributed by atoms with Crippen LogP contribution in [-0.2, 0) is 6.42 Å². The van der Waals surface area contributed by atoms with E-state index in [-0.39, 0.29) is 0 Å². The van der Waals surface area contributed by atoms with E-state index in [1.54, 1.807) is 0 Å². The first-order chi connectivity index (χ1) is 17.3. The molecule has 0 bridgehead atoms. The molecule has 0 aliphatic carbocycles. The van der Waals surface area contributed by atoms with Crippen molar-refractivity contribution in [3.8, 4) is 5.75 Å². The maximum Gasteiger partial charge on any atom is 0.119 e. The molecular formula is C32H34N2O. The third kappa shape index (κ3) is 6.89. The average Bonchev–Trinajstić information content (AvgIpc) is 2.91. The van der Waals surface area contributed by atoms with Crippen LogP contribution >= 0.6 is 0 Å². The fourth-order valence-electron chi connectivity index (χ4n) is 3.92. The highest BCUT2D eigenvalue weighted by Gasteiger charge is 2.04. The quantitative estimate of drug-likeness (QED) is 0.162. The van der Waals surface area contributed by atoms with Crippen LogP contribution < -0.4 is 4.74 Å². The molecule has 0 amide bonds. The Hall–Kier alpha value is -3.72. The molecule has 0 aromatic heterocycles. The molecule has 4 aromatic rings. The molecule has 0 fully saturated rings. The van der Waals surface area contributed by atoms with Gasteiger partial charge >= 0.3 is 0 Å².